The molecule has 0 saturated heterocycles. The van der Waals surface area contributed by atoms with Gasteiger partial charge in [-0.15, -0.1) is 0 Å². The maximum absolute atomic E-state index is 12.1. The Bertz CT molecular complexity index is 497. The van der Waals surface area contributed by atoms with Crippen LogP contribution in [-0.2, 0) is 15.0 Å². The SMILES string of the molecule is NC(=O)C(O)CNC(=O)C1(c2ccc(Cl)cc2)CC1. The monoisotopic (exact) mass is 282 g/mol. The van der Waals surface area contributed by atoms with Crippen molar-refractivity contribution < 1.29 is 14.7 Å². The number of rotatable bonds is 5. The normalized spacial score (nSPS) is 17.6. The van der Waals surface area contributed by atoms with Crippen molar-refractivity contribution in [1.82, 2.24) is 5.32 Å². The maximum Gasteiger partial charge on any atom is 0.248 e. The lowest BCUT2D eigenvalue weighted by Crippen LogP contribution is -2.43. The van der Waals surface area contributed by atoms with Gasteiger partial charge in [0, 0.05) is 5.02 Å². The van der Waals surface area contributed by atoms with Crippen LogP contribution >= 0.6 is 11.6 Å². The molecule has 1 unspecified atom stereocenters. The lowest BCUT2D eigenvalue weighted by Gasteiger charge is -2.17. The van der Waals surface area contributed by atoms with Gasteiger partial charge in [-0.05, 0) is 30.5 Å². The number of amides is 2. The molecule has 1 fully saturated rings. The first-order valence-electron chi connectivity index (χ1n) is 5.97. The molecular weight excluding hydrogens is 268 g/mol. The highest BCUT2D eigenvalue weighted by Crippen LogP contribution is 2.48. The van der Waals surface area contributed by atoms with E-state index < -0.39 is 17.4 Å². The average Bonchev–Trinajstić information content (AvgIpc) is 3.17. The molecule has 1 aliphatic carbocycles. The number of benzene rings is 1. The molecule has 0 radical (unpaired) electrons. The Morgan fingerprint density at radius 2 is 1.95 bits per heavy atom. The van der Waals surface area contributed by atoms with Gasteiger partial charge in [-0.1, -0.05) is 23.7 Å². The second-order valence-electron chi connectivity index (χ2n) is 4.72. The van der Waals surface area contributed by atoms with Gasteiger partial charge in [-0.2, -0.15) is 0 Å². The van der Waals surface area contributed by atoms with Gasteiger partial charge in [0.15, 0.2) is 0 Å². The first-order valence-corrected chi connectivity index (χ1v) is 6.35. The number of nitrogens with one attached hydrogen (secondary N) is 1. The molecule has 1 aromatic rings. The Labute approximate surface area is 115 Å². The molecule has 1 aromatic carbocycles. The number of hydrogen-bond donors (Lipinski definition) is 3. The van der Waals surface area contributed by atoms with Crippen molar-refractivity contribution in [3.8, 4) is 0 Å². The Morgan fingerprint density at radius 1 is 1.37 bits per heavy atom. The van der Waals surface area contributed by atoms with E-state index in [0.29, 0.717) is 5.02 Å². The molecule has 1 aliphatic rings. The van der Waals surface area contributed by atoms with Crippen molar-refractivity contribution in [2.45, 2.75) is 24.4 Å². The summed E-state index contributed by atoms with van der Waals surface area (Å²) in [5, 5.41) is 12.4. The van der Waals surface area contributed by atoms with Crippen LogP contribution in [0, 0.1) is 0 Å². The molecule has 0 spiro atoms. The summed E-state index contributed by atoms with van der Waals surface area (Å²) in [5.41, 5.74) is 5.26. The fraction of sp³-hybridized carbons (Fsp3) is 0.385. The third-order valence-corrected chi connectivity index (χ3v) is 3.62. The van der Waals surface area contributed by atoms with Crippen LogP contribution in [0.1, 0.15) is 18.4 Å². The Morgan fingerprint density at radius 3 is 2.42 bits per heavy atom. The van der Waals surface area contributed by atoms with Crippen molar-refractivity contribution in [3.63, 3.8) is 0 Å². The molecule has 5 nitrogen and oxygen atoms in total. The number of nitrogens with two attached hydrogens (primary N) is 1. The smallest absolute Gasteiger partial charge is 0.248 e. The molecule has 2 rings (SSSR count). The van der Waals surface area contributed by atoms with E-state index >= 15 is 0 Å². The first-order chi connectivity index (χ1) is 8.95. The van der Waals surface area contributed by atoms with Gasteiger partial charge in [0.05, 0.1) is 12.0 Å². The number of primary amides is 1. The highest BCUT2D eigenvalue weighted by atomic mass is 35.5. The topological polar surface area (TPSA) is 92.4 Å². The fourth-order valence-electron chi connectivity index (χ4n) is 2.00. The number of aliphatic hydroxyl groups excluding tert-OH is 1. The minimum atomic E-state index is -1.36. The molecule has 0 aromatic heterocycles. The highest BCUT2D eigenvalue weighted by molar-refractivity contribution is 6.30. The zero-order valence-electron chi connectivity index (χ0n) is 10.2. The van der Waals surface area contributed by atoms with Crippen molar-refractivity contribution in [2.24, 2.45) is 5.73 Å². The van der Waals surface area contributed by atoms with E-state index in [1.54, 1.807) is 12.1 Å². The van der Waals surface area contributed by atoms with Crippen LogP contribution in [0.2, 0.25) is 5.02 Å². The van der Waals surface area contributed by atoms with Crippen molar-refractivity contribution in [2.75, 3.05) is 6.54 Å². The van der Waals surface area contributed by atoms with Gasteiger partial charge in [0.1, 0.15) is 6.10 Å². The van der Waals surface area contributed by atoms with Crippen LogP contribution in [-0.4, -0.2) is 29.6 Å². The zero-order valence-corrected chi connectivity index (χ0v) is 11.0. The van der Waals surface area contributed by atoms with Crippen LogP contribution in [0.5, 0.6) is 0 Å². The van der Waals surface area contributed by atoms with Crippen molar-refractivity contribution in [3.05, 3.63) is 34.9 Å². The summed E-state index contributed by atoms with van der Waals surface area (Å²) >= 11 is 5.81. The minimum Gasteiger partial charge on any atom is -0.381 e. The summed E-state index contributed by atoms with van der Waals surface area (Å²) in [6.07, 6.45) is 0.130. The van der Waals surface area contributed by atoms with Crippen molar-refractivity contribution in [1.29, 1.82) is 0 Å². The summed E-state index contributed by atoms with van der Waals surface area (Å²) in [6.45, 7) is -0.163. The molecule has 0 heterocycles. The molecule has 0 aliphatic heterocycles. The van der Waals surface area contributed by atoms with E-state index in [4.69, 9.17) is 17.3 Å². The molecule has 19 heavy (non-hydrogen) atoms. The molecule has 2 amide bonds. The van der Waals surface area contributed by atoms with E-state index in [2.05, 4.69) is 5.32 Å². The summed E-state index contributed by atoms with van der Waals surface area (Å²) < 4.78 is 0. The summed E-state index contributed by atoms with van der Waals surface area (Å²) in [6, 6.07) is 7.11. The Hall–Kier alpha value is -1.59. The van der Waals surface area contributed by atoms with Crippen LogP contribution in [0.3, 0.4) is 0 Å². The Balaban J connectivity index is 2.02. The molecule has 1 saturated carbocycles. The van der Waals surface area contributed by atoms with Gasteiger partial charge in [0.2, 0.25) is 11.8 Å². The number of aliphatic hydroxyl groups is 1. The Kier molecular flexibility index (Phi) is 3.78. The van der Waals surface area contributed by atoms with Gasteiger partial charge >= 0.3 is 0 Å². The van der Waals surface area contributed by atoms with Crippen molar-refractivity contribution >= 4 is 23.4 Å². The first kappa shape index (κ1) is 13.8. The van der Waals surface area contributed by atoms with Crippen LogP contribution < -0.4 is 11.1 Å². The van der Waals surface area contributed by atoms with Gasteiger partial charge in [-0.3, -0.25) is 9.59 Å². The highest BCUT2D eigenvalue weighted by Gasteiger charge is 2.51. The number of halogens is 1. The second kappa shape index (κ2) is 5.19. The molecule has 0 bridgehead atoms. The third-order valence-electron chi connectivity index (χ3n) is 3.37. The van der Waals surface area contributed by atoms with Crippen LogP contribution in [0.4, 0.5) is 0 Å². The molecular formula is C13H15ClN2O3. The molecule has 6 heteroatoms. The summed E-state index contributed by atoms with van der Waals surface area (Å²) in [7, 11) is 0. The van der Waals surface area contributed by atoms with E-state index in [0.717, 1.165) is 18.4 Å². The summed E-state index contributed by atoms with van der Waals surface area (Å²) in [5.74, 6) is -1.05. The second-order valence-corrected chi connectivity index (χ2v) is 5.15. The van der Waals surface area contributed by atoms with E-state index in [9.17, 15) is 14.7 Å². The lowest BCUT2D eigenvalue weighted by molar-refractivity contribution is -0.127. The minimum absolute atomic E-state index is 0.163. The quantitative estimate of drug-likeness (QED) is 0.727. The fourth-order valence-corrected chi connectivity index (χ4v) is 2.13. The van der Waals surface area contributed by atoms with Gasteiger partial charge < -0.3 is 16.2 Å². The molecule has 1 atom stereocenters. The van der Waals surface area contributed by atoms with Gasteiger partial charge in [-0.25, -0.2) is 0 Å². The molecule has 102 valence electrons. The predicted octanol–water partition coefficient (Wildman–Crippen LogP) is 0.334. The molecule has 4 N–H and O–H groups in total. The van der Waals surface area contributed by atoms with E-state index in [1.165, 1.54) is 0 Å². The number of hydrogen-bond acceptors (Lipinski definition) is 3. The van der Waals surface area contributed by atoms with E-state index in [1.807, 2.05) is 12.1 Å². The lowest BCUT2D eigenvalue weighted by atomic mass is 9.95. The number of carbonyl (C=O) groups is 2. The average molecular weight is 283 g/mol. The van der Waals surface area contributed by atoms with Crippen LogP contribution in [0.15, 0.2) is 24.3 Å². The van der Waals surface area contributed by atoms with E-state index in [-0.39, 0.29) is 12.5 Å². The third kappa shape index (κ3) is 2.88. The summed E-state index contributed by atoms with van der Waals surface area (Å²) in [4.78, 5) is 22.8. The standard InChI is InChI=1S/C13H15ClN2O3/c14-9-3-1-8(2-4-9)13(5-6-13)12(19)16-7-10(17)11(15)18/h1-4,10,17H,5-7H2,(H2,15,18)(H,16,19). The predicted molar refractivity (Wildman–Crippen MR) is 70.6 cm³/mol. The maximum atomic E-state index is 12.1. The zero-order chi connectivity index (χ0) is 14.0. The largest absolute Gasteiger partial charge is 0.381 e. The van der Waals surface area contributed by atoms with Crippen LogP contribution in [0.25, 0.3) is 0 Å². The number of carbonyl (C=O) groups excluding carboxylic acids is 2. The van der Waals surface area contributed by atoms with Gasteiger partial charge in [0.25, 0.3) is 0 Å².